The number of amides is 1. The second kappa shape index (κ2) is 6.84. The second-order valence-corrected chi connectivity index (χ2v) is 7.59. The highest BCUT2D eigenvalue weighted by molar-refractivity contribution is 7.89. The smallest absolute Gasteiger partial charge is 0.223 e. The monoisotopic (exact) mass is 308 g/mol. The number of hydrogen-bond donors (Lipinski definition) is 1. The molecule has 1 rings (SSSR count). The zero-order valence-corrected chi connectivity index (χ0v) is 13.1. The summed E-state index contributed by atoms with van der Waals surface area (Å²) < 4.78 is 30.6. The standard InChI is InChI=1S/C12H24N2O5S/c1-12(2,10-15)13(3)11(16)4-9-20(17,18)14-5-7-19-8-6-14/h15H,4-10H2,1-3H3. The molecule has 0 aromatic rings. The van der Waals surface area contributed by atoms with Crippen molar-refractivity contribution in [2.24, 2.45) is 0 Å². The fourth-order valence-electron chi connectivity index (χ4n) is 1.78. The molecule has 1 aliphatic heterocycles. The van der Waals surface area contributed by atoms with Gasteiger partial charge in [-0.05, 0) is 13.8 Å². The van der Waals surface area contributed by atoms with Gasteiger partial charge in [-0.2, -0.15) is 4.31 Å². The molecule has 0 aromatic heterocycles. The molecule has 0 atom stereocenters. The Bertz CT molecular complexity index is 429. The van der Waals surface area contributed by atoms with Crippen molar-refractivity contribution in [3.8, 4) is 0 Å². The fourth-order valence-corrected chi connectivity index (χ4v) is 3.18. The van der Waals surface area contributed by atoms with E-state index in [2.05, 4.69) is 0 Å². The predicted octanol–water partition coefficient (Wildman–Crippen LogP) is -0.732. The van der Waals surface area contributed by atoms with Gasteiger partial charge < -0.3 is 14.7 Å². The Hall–Kier alpha value is -0.700. The Morgan fingerprint density at radius 3 is 2.40 bits per heavy atom. The summed E-state index contributed by atoms with van der Waals surface area (Å²) in [7, 11) is -1.85. The van der Waals surface area contributed by atoms with Gasteiger partial charge in [0.2, 0.25) is 15.9 Å². The molecular weight excluding hydrogens is 284 g/mol. The van der Waals surface area contributed by atoms with Crippen LogP contribution in [0.15, 0.2) is 0 Å². The van der Waals surface area contributed by atoms with Gasteiger partial charge in [0, 0.05) is 26.6 Å². The number of sulfonamides is 1. The van der Waals surface area contributed by atoms with Crippen LogP contribution in [-0.2, 0) is 19.6 Å². The summed E-state index contributed by atoms with van der Waals surface area (Å²) in [5.41, 5.74) is -0.695. The first-order chi connectivity index (χ1) is 9.20. The number of nitrogens with zero attached hydrogens (tertiary/aromatic N) is 2. The van der Waals surface area contributed by atoms with Crippen LogP contribution in [0.4, 0.5) is 0 Å². The van der Waals surface area contributed by atoms with Crippen molar-refractivity contribution in [2.45, 2.75) is 25.8 Å². The maximum absolute atomic E-state index is 12.1. The molecule has 1 N–H and O–H groups in total. The minimum absolute atomic E-state index is 0.0837. The lowest BCUT2D eigenvalue weighted by molar-refractivity contribution is -0.135. The molecule has 1 amide bonds. The highest BCUT2D eigenvalue weighted by atomic mass is 32.2. The number of morpholine rings is 1. The van der Waals surface area contributed by atoms with Crippen molar-refractivity contribution >= 4 is 15.9 Å². The highest BCUT2D eigenvalue weighted by Crippen LogP contribution is 2.14. The van der Waals surface area contributed by atoms with E-state index in [0.29, 0.717) is 26.3 Å². The molecule has 0 radical (unpaired) electrons. The van der Waals surface area contributed by atoms with E-state index >= 15 is 0 Å². The van der Waals surface area contributed by atoms with Crippen molar-refractivity contribution in [3.05, 3.63) is 0 Å². The topological polar surface area (TPSA) is 87.2 Å². The molecular formula is C12H24N2O5S. The van der Waals surface area contributed by atoms with E-state index in [1.165, 1.54) is 9.21 Å². The first-order valence-electron chi connectivity index (χ1n) is 6.64. The summed E-state index contributed by atoms with van der Waals surface area (Å²) in [4.78, 5) is 13.4. The Morgan fingerprint density at radius 1 is 1.35 bits per heavy atom. The molecule has 7 nitrogen and oxygen atoms in total. The van der Waals surface area contributed by atoms with Crippen LogP contribution in [0.5, 0.6) is 0 Å². The van der Waals surface area contributed by atoms with Gasteiger partial charge in [0.15, 0.2) is 0 Å². The van der Waals surface area contributed by atoms with Gasteiger partial charge in [0.1, 0.15) is 0 Å². The Kier molecular flexibility index (Phi) is 5.93. The summed E-state index contributed by atoms with van der Waals surface area (Å²) in [6.45, 7) is 4.74. The van der Waals surface area contributed by atoms with Crippen LogP contribution in [0, 0.1) is 0 Å². The summed E-state index contributed by atoms with van der Waals surface area (Å²) in [6, 6.07) is 0. The highest BCUT2D eigenvalue weighted by Gasteiger charge is 2.29. The number of hydrogen-bond acceptors (Lipinski definition) is 5. The molecule has 1 fully saturated rings. The lowest BCUT2D eigenvalue weighted by atomic mass is 10.1. The minimum Gasteiger partial charge on any atom is -0.394 e. The SMILES string of the molecule is CN(C(=O)CCS(=O)(=O)N1CCOCC1)C(C)(C)CO. The lowest BCUT2D eigenvalue weighted by Crippen LogP contribution is -2.48. The largest absolute Gasteiger partial charge is 0.394 e. The first-order valence-corrected chi connectivity index (χ1v) is 8.25. The van der Waals surface area contributed by atoms with E-state index in [-0.39, 0.29) is 24.7 Å². The minimum atomic E-state index is -3.42. The van der Waals surface area contributed by atoms with E-state index in [9.17, 15) is 18.3 Å². The third kappa shape index (κ3) is 4.41. The zero-order valence-electron chi connectivity index (χ0n) is 12.3. The van der Waals surface area contributed by atoms with Gasteiger partial charge in [-0.3, -0.25) is 4.79 Å². The molecule has 0 saturated carbocycles. The molecule has 0 bridgehead atoms. The summed E-state index contributed by atoms with van der Waals surface area (Å²) in [5, 5.41) is 9.21. The van der Waals surface area contributed by atoms with Gasteiger partial charge in [-0.15, -0.1) is 0 Å². The molecule has 0 aromatic carbocycles. The average molecular weight is 308 g/mol. The summed E-state index contributed by atoms with van der Waals surface area (Å²) in [5.74, 6) is -0.501. The van der Waals surface area contributed by atoms with Crippen molar-refractivity contribution in [2.75, 3.05) is 45.7 Å². The number of aliphatic hydroxyl groups excluding tert-OH is 1. The fraction of sp³-hybridized carbons (Fsp3) is 0.917. The molecule has 8 heteroatoms. The molecule has 1 heterocycles. The molecule has 0 spiro atoms. The molecule has 20 heavy (non-hydrogen) atoms. The van der Waals surface area contributed by atoms with Crippen LogP contribution in [-0.4, -0.2) is 79.9 Å². The Morgan fingerprint density at radius 2 is 1.90 bits per heavy atom. The maximum Gasteiger partial charge on any atom is 0.223 e. The van der Waals surface area contributed by atoms with E-state index in [0.717, 1.165) is 0 Å². The zero-order chi connectivity index (χ0) is 15.4. The van der Waals surface area contributed by atoms with Crippen LogP contribution in [0.3, 0.4) is 0 Å². The Balaban J connectivity index is 2.55. The van der Waals surface area contributed by atoms with Gasteiger partial charge in [-0.25, -0.2) is 8.42 Å². The number of carbonyl (C=O) groups is 1. The van der Waals surface area contributed by atoms with E-state index < -0.39 is 15.6 Å². The first kappa shape index (κ1) is 17.4. The third-order valence-corrected chi connectivity index (χ3v) is 5.48. The van der Waals surface area contributed by atoms with Crippen LogP contribution in [0.2, 0.25) is 0 Å². The van der Waals surface area contributed by atoms with Crippen LogP contribution in [0.1, 0.15) is 20.3 Å². The lowest BCUT2D eigenvalue weighted by Gasteiger charge is -2.34. The van der Waals surface area contributed by atoms with Crippen LogP contribution >= 0.6 is 0 Å². The third-order valence-electron chi connectivity index (χ3n) is 3.61. The number of rotatable bonds is 6. The van der Waals surface area contributed by atoms with E-state index in [1.807, 2.05) is 0 Å². The predicted molar refractivity (Wildman–Crippen MR) is 74.7 cm³/mol. The van der Waals surface area contributed by atoms with Crippen LogP contribution < -0.4 is 0 Å². The quantitative estimate of drug-likeness (QED) is 0.699. The maximum atomic E-state index is 12.1. The molecule has 0 aliphatic carbocycles. The van der Waals surface area contributed by atoms with Gasteiger partial charge in [0.25, 0.3) is 0 Å². The number of ether oxygens (including phenoxy) is 1. The van der Waals surface area contributed by atoms with Gasteiger partial charge in [0.05, 0.1) is 31.1 Å². The van der Waals surface area contributed by atoms with Crippen molar-refractivity contribution in [3.63, 3.8) is 0 Å². The second-order valence-electron chi connectivity index (χ2n) is 5.50. The number of carbonyl (C=O) groups excluding carboxylic acids is 1. The average Bonchev–Trinajstić information content (AvgIpc) is 2.45. The Labute approximate surface area is 120 Å². The van der Waals surface area contributed by atoms with Gasteiger partial charge in [-0.1, -0.05) is 0 Å². The summed E-state index contributed by atoms with van der Waals surface area (Å²) in [6.07, 6.45) is -0.0837. The number of likely N-dealkylation sites (N-methyl/N-ethyl adjacent to an activating group) is 1. The van der Waals surface area contributed by atoms with Crippen molar-refractivity contribution in [1.29, 1.82) is 0 Å². The molecule has 0 unspecified atom stereocenters. The van der Waals surface area contributed by atoms with Gasteiger partial charge >= 0.3 is 0 Å². The number of aliphatic hydroxyl groups is 1. The normalized spacial score (nSPS) is 18.0. The van der Waals surface area contributed by atoms with Crippen molar-refractivity contribution in [1.82, 2.24) is 9.21 Å². The van der Waals surface area contributed by atoms with Crippen molar-refractivity contribution < 1.29 is 23.1 Å². The van der Waals surface area contributed by atoms with Crippen LogP contribution in [0.25, 0.3) is 0 Å². The molecule has 1 saturated heterocycles. The molecule has 1 aliphatic rings. The molecule has 118 valence electrons. The van der Waals surface area contributed by atoms with E-state index in [4.69, 9.17) is 4.74 Å². The van der Waals surface area contributed by atoms with E-state index in [1.54, 1.807) is 20.9 Å². The summed E-state index contributed by atoms with van der Waals surface area (Å²) >= 11 is 0.